The van der Waals surface area contributed by atoms with Crippen molar-refractivity contribution in [3.8, 4) is 0 Å². The van der Waals surface area contributed by atoms with Crippen LogP contribution in [-0.4, -0.2) is 0 Å². The molecule has 2 saturated carbocycles. The monoisotopic (exact) mass is 356 g/mol. The van der Waals surface area contributed by atoms with Crippen LogP contribution in [0, 0.1) is 30.5 Å². The second-order valence-corrected chi connectivity index (χ2v) is 9.00. The van der Waals surface area contributed by atoms with E-state index in [1.54, 1.807) is 6.07 Å². The average molecular weight is 357 g/mol. The van der Waals surface area contributed by atoms with Crippen LogP contribution in [0.2, 0.25) is 0 Å². The summed E-state index contributed by atoms with van der Waals surface area (Å²) in [5.41, 5.74) is 1.41. The van der Waals surface area contributed by atoms with Crippen molar-refractivity contribution < 1.29 is 8.81 Å². The summed E-state index contributed by atoms with van der Waals surface area (Å²) in [6, 6.07) is 5.69. The van der Waals surface area contributed by atoms with Crippen molar-refractivity contribution in [3.63, 3.8) is 0 Å². The Morgan fingerprint density at radius 1 is 0.923 bits per heavy atom. The van der Waals surface area contributed by atoms with E-state index in [-0.39, 0.29) is 5.82 Å². The normalized spacial score (nSPS) is 30.0. The first-order valence-corrected chi connectivity index (χ1v) is 10.8. The van der Waals surface area contributed by atoms with E-state index in [0.29, 0.717) is 11.5 Å². The van der Waals surface area contributed by atoms with Gasteiger partial charge in [-0.15, -0.1) is 0 Å². The number of halogens is 1. The molecule has 2 aliphatic rings. The van der Waals surface area contributed by atoms with Gasteiger partial charge in [0.05, 0.1) is 0 Å². The fourth-order valence-corrected chi connectivity index (χ4v) is 5.70. The van der Waals surface area contributed by atoms with Crippen LogP contribution in [0.5, 0.6) is 0 Å². The van der Waals surface area contributed by atoms with Crippen molar-refractivity contribution >= 4 is 11.0 Å². The number of fused-ring (bicyclic) bond motifs is 1. The molecule has 0 aliphatic heterocycles. The first kappa shape index (κ1) is 18.1. The van der Waals surface area contributed by atoms with Crippen LogP contribution < -0.4 is 0 Å². The molecule has 2 aromatic rings. The van der Waals surface area contributed by atoms with Crippen LogP contribution in [0.1, 0.15) is 88.4 Å². The molecule has 4 rings (SSSR count). The number of hydrogen-bond acceptors (Lipinski definition) is 1. The Hall–Kier alpha value is -1.31. The first-order valence-electron chi connectivity index (χ1n) is 10.8. The number of hydrogen-bond donors (Lipinski definition) is 0. The van der Waals surface area contributed by atoms with Gasteiger partial charge >= 0.3 is 0 Å². The van der Waals surface area contributed by atoms with E-state index in [4.69, 9.17) is 4.42 Å². The summed E-state index contributed by atoms with van der Waals surface area (Å²) in [4.78, 5) is 0. The SMILES string of the molecule is CCCC1CCC(C2CCC(c3cc4cc(C)cc(F)c4o3)CC2)CC1. The van der Waals surface area contributed by atoms with Crippen LogP contribution in [-0.2, 0) is 0 Å². The molecule has 0 spiro atoms. The van der Waals surface area contributed by atoms with Gasteiger partial charge in [-0.05, 0) is 87.0 Å². The van der Waals surface area contributed by atoms with Crippen LogP contribution in [0.25, 0.3) is 11.0 Å². The second-order valence-electron chi connectivity index (χ2n) is 9.00. The van der Waals surface area contributed by atoms with Crippen molar-refractivity contribution in [1.29, 1.82) is 0 Å². The van der Waals surface area contributed by atoms with E-state index in [0.717, 1.165) is 34.5 Å². The van der Waals surface area contributed by atoms with Crippen molar-refractivity contribution in [2.75, 3.05) is 0 Å². The maximum absolute atomic E-state index is 14.1. The molecule has 0 N–H and O–H groups in total. The van der Waals surface area contributed by atoms with Gasteiger partial charge in [-0.25, -0.2) is 4.39 Å². The van der Waals surface area contributed by atoms with Gasteiger partial charge in [-0.1, -0.05) is 32.6 Å². The molecule has 142 valence electrons. The molecule has 1 aromatic heterocycles. The van der Waals surface area contributed by atoms with Gasteiger partial charge in [-0.2, -0.15) is 0 Å². The number of aryl methyl sites for hydroxylation is 1. The smallest absolute Gasteiger partial charge is 0.169 e. The van der Waals surface area contributed by atoms with Crippen molar-refractivity contribution in [2.24, 2.45) is 17.8 Å². The number of benzene rings is 1. The van der Waals surface area contributed by atoms with E-state index >= 15 is 0 Å². The third-order valence-electron chi connectivity index (χ3n) is 7.16. The van der Waals surface area contributed by atoms with Crippen molar-refractivity contribution in [3.05, 3.63) is 35.3 Å². The molecule has 1 nitrogen and oxygen atoms in total. The molecule has 26 heavy (non-hydrogen) atoms. The zero-order valence-electron chi connectivity index (χ0n) is 16.4. The Bertz CT molecular complexity index is 730. The Kier molecular flexibility index (Phi) is 5.38. The van der Waals surface area contributed by atoms with Gasteiger partial charge in [0.25, 0.3) is 0 Å². The van der Waals surface area contributed by atoms with Crippen LogP contribution in [0.3, 0.4) is 0 Å². The zero-order chi connectivity index (χ0) is 18.1. The summed E-state index contributed by atoms with van der Waals surface area (Å²) >= 11 is 0. The Morgan fingerprint density at radius 2 is 1.58 bits per heavy atom. The molecular weight excluding hydrogens is 323 g/mol. The molecule has 0 atom stereocenters. The van der Waals surface area contributed by atoms with E-state index in [1.807, 2.05) is 13.0 Å². The Morgan fingerprint density at radius 3 is 2.23 bits per heavy atom. The minimum absolute atomic E-state index is 0.219. The lowest BCUT2D eigenvalue weighted by atomic mass is 9.68. The standard InChI is InChI=1S/C24H33FO/c1-3-4-17-5-7-18(8-6-17)19-9-11-20(12-10-19)23-15-21-13-16(2)14-22(25)24(21)26-23/h13-15,17-20H,3-12H2,1-2H3. The molecule has 1 heterocycles. The van der Waals surface area contributed by atoms with Gasteiger partial charge in [0, 0.05) is 11.3 Å². The van der Waals surface area contributed by atoms with Crippen molar-refractivity contribution in [1.82, 2.24) is 0 Å². The molecule has 2 aliphatic carbocycles. The maximum atomic E-state index is 14.1. The second kappa shape index (κ2) is 7.74. The molecule has 0 amide bonds. The lowest BCUT2D eigenvalue weighted by Gasteiger charge is -2.37. The molecule has 0 bridgehead atoms. The molecule has 0 unspecified atom stereocenters. The summed E-state index contributed by atoms with van der Waals surface area (Å²) in [6.07, 6.45) is 13.7. The highest BCUT2D eigenvalue weighted by Crippen LogP contribution is 2.45. The van der Waals surface area contributed by atoms with Crippen LogP contribution in [0.15, 0.2) is 22.6 Å². The number of furan rings is 1. The highest BCUT2D eigenvalue weighted by atomic mass is 19.1. The quantitative estimate of drug-likeness (QED) is 0.545. The fourth-order valence-electron chi connectivity index (χ4n) is 5.70. The summed E-state index contributed by atoms with van der Waals surface area (Å²) in [7, 11) is 0. The molecule has 2 heteroatoms. The highest BCUT2D eigenvalue weighted by Gasteiger charge is 2.32. The predicted molar refractivity (Wildman–Crippen MR) is 106 cm³/mol. The summed E-state index contributed by atoms with van der Waals surface area (Å²) < 4.78 is 20.1. The van der Waals surface area contributed by atoms with E-state index < -0.39 is 0 Å². The fraction of sp³-hybridized carbons (Fsp3) is 0.667. The summed E-state index contributed by atoms with van der Waals surface area (Å²) in [5.74, 6) is 4.15. The van der Waals surface area contributed by atoms with E-state index in [9.17, 15) is 4.39 Å². The Labute approximate surface area is 157 Å². The minimum Gasteiger partial charge on any atom is -0.458 e. The molecule has 1 aromatic carbocycles. The van der Waals surface area contributed by atoms with Gasteiger partial charge in [0.15, 0.2) is 11.4 Å². The molecule has 0 radical (unpaired) electrons. The summed E-state index contributed by atoms with van der Waals surface area (Å²) in [6.45, 7) is 4.26. The third-order valence-corrected chi connectivity index (χ3v) is 7.16. The summed E-state index contributed by atoms with van der Waals surface area (Å²) in [5, 5.41) is 0.925. The molecule has 0 saturated heterocycles. The largest absolute Gasteiger partial charge is 0.458 e. The van der Waals surface area contributed by atoms with E-state index in [1.165, 1.54) is 64.2 Å². The lowest BCUT2D eigenvalue weighted by Crippen LogP contribution is -2.25. The predicted octanol–water partition coefficient (Wildman–Crippen LogP) is 7.76. The minimum atomic E-state index is -0.219. The van der Waals surface area contributed by atoms with E-state index in [2.05, 4.69) is 13.0 Å². The third kappa shape index (κ3) is 3.70. The van der Waals surface area contributed by atoms with Gasteiger partial charge < -0.3 is 4.42 Å². The van der Waals surface area contributed by atoms with Crippen LogP contribution in [0.4, 0.5) is 4.39 Å². The first-order chi connectivity index (χ1) is 12.6. The van der Waals surface area contributed by atoms with Crippen LogP contribution >= 0.6 is 0 Å². The Balaban J connectivity index is 1.36. The van der Waals surface area contributed by atoms with Crippen molar-refractivity contribution in [2.45, 2.75) is 84.0 Å². The topological polar surface area (TPSA) is 13.1 Å². The zero-order valence-corrected chi connectivity index (χ0v) is 16.4. The molecule has 2 fully saturated rings. The van der Waals surface area contributed by atoms with Gasteiger partial charge in [-0.3, -0.25) is 0 Å². The maximum Gasteiger partial charge on any atom is 0.169 e. The molecular formula is C24H33FO. The average Bonchev–Trinajstić information content (AvgIpc) is 3.07. The van der Waals surface area contributed by atoms with Gasteiger partial charge in [0.1, 0.15) is 5.76 Å². The van der Waals surface area contributed by atoms with Gasteiger partial charge in [0.2, 0.25) is 0 Å². The highest BCUT2D eigenvalue weighted by molar-refractivity contribution is 5.79. The lowest BCUT2D eigenvalue weighted by molar-refractivity contribution is 0.153. The number of rotatable bonds is 4.